The molecule has 1 rings (SSSR count). The average Bonchev–Trinajstić information content (AvgIpc) is 2.43. The molecular formula is C16H26N2O3S. The van der Waals surface area contributed by atoms with E-state index < -0.39 is 10.0 Å². The Bertz CT molecular complexity index is 622. The summed E-state index contributed by atoms with van der Waals surface area (Å²) in [5.74, 6) is -0.413. The third-order valence-electron chi connectivity index (χ3n) is 3.75. The summed E-state index contributed by atoms with van der Waals surface area (Å²) < 4.78 is 24.4. The molecule has 0 heterocycles. The second-order valence-electron chi connectivity index (χ2n) is 6.32. The van der Waals surface area contributed by atoms with E-state index in [9.17, 15) is 13.2 Å². The first-order valence-electron chi connectivity index (χ1n) is 7.29. The molecule has 0 radical (unpaired) electrons. The molecule has 0 bridgehead atoms. The molecule has 1 amide bonds. The van der Waals surface area contributed by atoms with Gasteiger partial charge in [0.05, 0.1) is 5.75 Å². The average molecular weight is 326 g/mol. The maximum absolute atomic E-state index is 11.9. The number of nitrogens with zero attached hydrogens (tertiary/aromatic N) is 1. The molecule has 0 saturated heterocycles. The number of nitrogens with one attached hydrogen (secondary N) is 1. The Balaban J connectivity index is 2.59. The molecule has 0 aromatic heterocycles. The number of benzene rings is 1. The first-order valence-corrected chi connectivity index (χ1v) is 8.90. The molecule has 1 aromatic carbocycles. The topological polar surface area (TPSA) is 66.5 Å². The highest BCUT2D eigenvalue weighted by Gasteiger charge is 2.23. The molecule has 0 spiro atoms. The van der Waals surface area contributed by atoms with Gasteiger partial charge in [-0.15, -0.1) is 0 Å². The summed E-state index contributed by atoms with van der Waals surface area (Å²) in [4.78, 5) is 11.9. The molecule has 0 saturated carbocycles. The summed E-state index contributed by atoms with van der Waals surface area (Å²) in [7, 11) is -0.400. The van der Waals surface area contributed by atoms with Gasteiger partial charge < -0.3 is 5.32 Å². The number of carbonyl (C=O) groups excluding carboxylic acids is 1. The van der Waals surface area contributed by atoms with Crippen LogP contribution >= 0.6 is 0 Å². The van der Waals surface area contributed by atoms with E-state index in [0.717, 1.165) is 4.31 Å². The molecule has 0 fully saturated rings. The molecule has 5 nitrogen and oxygen atoms in total. The lowest BCUT2D eigenvalue weighted by Gasteiger charge is -2.27. The lowest BCUT2D eigenvalue weighted by molar-refractivity contribution is -0.120. The summed E-state index contributed by atoms with van der Waals surface area (Å²) in [6.45, 7) is 6.64. The van der Waals surface area contributed by atoms with E-state index in [4.69, 9.17) is 0 Å². The summed E-state index contributed by atoms with van der Waals surface area (Å²) >= 11 is 0. The zero-order chi connectivity index (χ0) is 17.0. The van der Waals surface area contributed by atoms with Crippen LogP contribution in [0.3, 0.4) is 0 Å². The molecule has 124 valence electrons. The lowest BCUT2D eigenvalue weighted by atomic mass is 9.82. The predicted octanol–water partition coefficient (Wildman–Crippen LogP) is 1.67. The zero-order valence-electron chi connectivity index (χ0n) is 14.0. The Morgan fingerprint density at radius 3 is 2.36 bits per heavy atom. The number of rotatable bonds is 7. The summed E-state index contributed by atoms with van der Waals surface area (Å²) in [6, 6.07) is 8.07. The summed E-state index contributed by atoms with van der Waals surface area (Å²) in [5.41, 5.74) is 2.15. The van der Waals surface area contributed by atoms with Gasteiger partial charge in [-0.1, -0.05) is 38.1 Å². The fraction of sp³-hybridized carbons (Fsp3) is 0.562. The van der Waals surface area contributed by atoms with Crippen molar-refractivity contribution in [3.05, 3.63) is 35.4 Å². The fourth-order valence-corrected chi connectivity index (χ4v) is 3.05. The highest BCUT2D eigenvalue weighted by atomic mass is 32.2. The van der Waals surface area contributed by atoms with Gasteiger partial charge in [-0.2, -0.15) is 0 Å². The van der Waals surface area contributed by atoms with Crippen LogP contribution in [-0.2, 0) is 20.2 Å². The Kier molecular flexibility index (Phi) is 6.14. The predicted molar refractivity (Wildman–Crippen MR) is 89.3 cm³/mol. The third kappa shape index (κ3) is 5.10. The molecule has 6 heteroatoms. The van der Waals surface area contributed by atoms with Gasteiger partial charge in [0.1, 0.15) is 0 Å². The van der Waals surface area contributed by atoms with Gasteiger partial charge in [0.2, 0.25) is 15.9 Å². The van der Waals surface area contributed by atoms with Crippen molar-refractivity contribution in [2.75, 3.05) is 26.4 Å². The number of carbonyl (C=O) groups is 1. The van der Waals surface area contributed by atoms with Crippen molar-refractivity contribution in [2.24, 2.45) is 0 Å². The molecule has 0 aliphatic carbocycles. The van der Waals surface area contributed by atoms with Crippen molar-refractivity contribution >= 4 is 15.9 Å². The number of amides is 1. The van der Waals surface area contributed by atoms with Crippen molar-refractivity contribution in [3.63, 3.8) is 0 Å². The maximum atomic E-state index is 11.9. The standard InChI is InChI=1S/C16H26N2O3S/c1-13-8-6-7-9-14(13)16(2,3)12-17-15(19)10-11-22(20,21)18(4)5/h6-9H,10-12H2,1-5H3,(H,17,19). The molecule has 1 N–H and O–H groups in total. The van der Waals surface area contributed by atoms with Crippen molar-refractivity contribution in [3.8, 4) is 0 Å². The molecule has 0 aliphatic rings. The van der Waals surface area contributed by atoms with Gasteiger partial charge in [0, 0.05) is 32.5 Å². The zero-order valence-corrected chi connectivity index (χ0v) is 14.8. The van der Waals surface area contributed by atoms with E-state index in [2.05, 4.69) is 25.2 Å². The monoisotopic (exact) mass is 326 g/mol. The van der Waals surface area contributed by atoms with Crippen LogP contribution in [0.15, 0.2) is 24.3 Å². The van der Waals surface area contributed by atoms with Crippen LogP contribution in [0.1, 0.15) is 31.4 Å². The van der Waals surface area contributed by atoms with E-state index in [1.807, 2.05) is 25.1 Å². The van der Waals surface area contributed by atoms with Crippen molar-refractivity contribution in [1.82, 2.24) is 9.62 Å². The van der Waals surface area contributed by atoms with Crippen LogP contribution in [0.5, 0.6) is 0 Å². The Hall–Kier alpha value is -1.40. The van der Waals surface area contributed by atoms with Crippen LogP contribution in [0.2, 0.25) is 0 Å². The summed E-state index contributed by atoms with van der Waals surface area (Å²) in [5, 5.41) is 2.84. The first-order chi connectivity index (χ1) is 10.1. The van der Waals surface area contributed by atoms with E-state index >= 15 is 0 Å². The molecule has 1 aromatic rings. The number of sulfonamides is 1. The molecule has 22 heavy (non-hydrogen) atoms. The lowest BCUT2D eigenvalue weighted by Crippen LogP contribution is -2.38. The Labute approximate surface area is 133 Å². The van der Waals surface area contributed by atoms with E-state index in [1.165, 1.54) is 25.2 Å². The Morgan fingerprint density at radius 2 is 1.82 bits per heavy atom. The van der Waals surface area contributed by atoms with Crippen LogP contribution < -0.4 is 5.32 Å². The van der Waals surface area contributed by atoms with Gasteiger partial charge in [0.25, 0.3) is 0 Å². The van der Waals surface area contributed by atoms with Crippen molar-refractivity contribution < 1.29 is 13.2 Å². The van der Waals surface area contributed by atoms with Gasteiger partial charge in [0.15, 0.2) is 0 Å². The number of hydrogen-bond donors (Lipinski definition) is 1. The van der Waals surface area contributed by atoms with Gasteiger partial charge >= 0.3 is 0 Å². The minimum absolute atomic E-state index is 0.0234. The normalized spacial score (nSPS) is 12.5. The molecular weight excluding hydrogens is 300 g/mol. The fourth-order valence-electron chi connectivity index (χ4n) is 2.24. The number of hydrogen-bond acceptors (Lipinski definition) is 3. The van der Waals surface area contributed by atoms with E-state index in [-0.39, 0.29) is 23.5 Å². The van der Waals surface area contributed by atoms with Crippen LogP contribution in [-0.4, -0.2) is 45.0 Å². The van der Waals surface area contributed by atoms with Gasteiger partial charge in [-0.05, 0) is 18.1 Å². The SMILES string of the molecule is Cc1ccccc1C(C)(C)CNC(=O)CCS(=O)(=O)N(C)C. The highest BCUT2D eigenvalue weighted by molar-refractivity contribution is 7.89. The maximum Gasteiger partial charge on any atom is 0.221 e. The molecule has 0 aliphatic heterocycles. The van der Waals surface area contributed by atoms with Crippen LogP contribution in [0.4, 0.5) is 0 Å². The highest BCUT2D eigenvalue weighted by Crippen LogP contribution is 2.25. The summed E-state index contributed by atoms with van der Waals surface area (Å²) in [6.07, 6.45) is -0.0234. The van der Waals surface area contributed by atoms with Crippen LogP contribution in [0, 0.1) is 6.92 Å². The minimum atomic E-state index is -3.33. The molecule has 0 atom stereocenters. The van der Waals surface area contributed by atoms with Crippen LogP contribution in [0.25, 0.3) is 0 Å². The van der Waals surface area contributed by atoms with Crippen molar-refractivity contribution in [1.29, 1.82) is 0 Å². The second-order valence-corrected chi connectivity index (χ2v) is 8.63. The molecule has 0 unspecified atom stereocenters. The third-order valence-corrected chi connectivity index (χ3v) is 5.58. The van der Waals surface area contributed by atoms with E-state index in [1.54, 1.807) is 0 Å². The number of aryl methyl sites for hydroxylation is 1. The first kappa shape index (κ1) is 18.6. The Morgan fingerprint density at radius 1 is 1.23 bits per heavy atom. The largest absolute Gasteiger partial charge is 0.355 e. The quantitative estimate of drug-likeness (QED) is 0.829. The van der Waals surface area contributed by atoms with Gasteiger partial charge in [-0.3, -0.25) is 4.79 Å². The minimum Gasteiger partial charge on any atom is -0.355 e. The second kappa shape index (κ2) is 7.24. The van der Waals surface area contributed by atoms with Crippen molar-refractivity contribution in [2.45, 2.75) is 32.6 Å². The van der Waals surface area contributed by atoms with Gasteiger partial charge in [-0.25, -0.2) is 12.7 Å². The van der Waals surface area contributed by atoms with E-state index in [0.29, 0.717) is 6.54 Å². The smallest absolute Gasteiger partial charge is 0.221 e.